The lowest BCUT2D eigenvalue weighted by atomic mass is 10.2. The van der Waals surface area contributed by atoms with Crippen molar-refractivity contribution in [2.45, 2.75) is 13.1 Å². The van der Waals surface area contributed by atoms with Crippen LogP contribution >= 0.6 is 15.9 Å². The molecule has 0 atom stereocenters. The fourth-order valence-corrected chi connectivity index (χ4v) is 2.19. The van der Waals surface area contributed by atoms with Gasteiger partial charge in [-0.1, -0.05) is 40.2 Å². The second kappa shape index (κ2) is 8.20. The highest BCUT2D eigenvalue weighted by Gasteiger charge is 1.96. The van der Waals surface area contributed by atoms with Gasteiger partial charge in [-0.2, -0.15) is 0 Å². The van der Waals surface area contributed by atoms with E-state index in [9.17, 15) is 0 Å². The number of nitrogens with one attached hydrogen (secondary N) is 1. The molecule has 0 unspecified atom stereocenters. The molecule has 4 heteroatoms. The Labute approximate surface area is 128 Å². The first-order valence-electron chi connectivity index (χ1n) is 5.86. The summed E-state index contributed by atoms with van der Waals surface area (Å²) in [5.41, 5.74) is 2.53. The Bertz CT molecular complexity index is 502. The molecule has 2 aromatic carbocycles. The van der Waals surface area contributed by atoms with Crippen LogP contribution in [0.15, 0.2) is 53.0 Å². The number of halogens is 2. The third-order valence-electron chi connectivity index (χ3n) is 2.71. The first kappa shape index (κ1) is 16.0. The third kappa shape index (κ3) is 5.23. The monoisotopic (exact) mass is 340 g/mol. The summed E-state index contributed by atoms with van der Waals surface area (Å²) < 4.78 is 6.25. The maximum absolute atomic E-state index is 5.13. The van der Waals surface area contributed by atoms with Crippen molar-refractivity contribution in [3.8, 4) is 5.75 Å². The summed E-state index contributed by atoms with van der Waals surface area (Å²) in [6.07, 6.45) is 0. The Morgan fingerprint density at radius 3 is 2.32 bits per heavy atom. The summed E-state index contributed by atoms with van der Waals surface area (Å²) >= 11 is 3.47. The van der Waals surface area contributed by atoms with Crippen molar-refractivity contribution in [3.63, 3.8) is 0 Å². The lowest BCUT2D eigenvalue weighted by Gasteiger charge is -2.06. The van der Waals surface area contributed by atoms with Crippen LogP contribution in [0.1, 0.15) is 11.1 Å². The fourth-order valence-electron chi connectivity index (χ4n) is 1.74. The summed E-state index contributed by atoms with van der Waals surface area (Å²) in [5, 5.41) is 3.42. The molecule has 1 N–H and O–H groups in total. The van der Waals surface area contributed by atoms with Gasteiger partial charge in [0.2, 0.25) is 0 Å². The number of benzene rings is 2. The minimum absolute atomic E-state index is 0. The molecule has 0 aliphatic rings. The van der Waals surface area contributed by atoms with Gasteiger partial charge in [-0.15, -0.1) is 0 Å². The molecular weight excluding hydrogens is 326 g/mol. The second-order valence-electron chi connectivity index (χ2n) is 4.08. The standard InChI is InChI=1S/C15H16BrNO.ClH/c1-18-15-7-5-12(6-8-15)10-17-11-13-3-2-4-14(16)9-13;/h2-9,17H,10-11H2,1H3;1H/p-1. The van der Waals surface area contributed by atoms with Crippen LogP contribution < -0.4 is 22.5 Å². The van der Waals surface area contributed by atoms with Crippen molar-refractivity contribution in [1.82, 2.24) is 5.32 Å². The Morgan fingerprint density at radius 1 is 1.00 bits per heavy atom. The van der Waals surface area contributed by atoms with Crippen molar-refractivity contribution in [3.05, 3.63) is 64.1 Å². The molecule has 0 heterocycles. The predicted octanol–water partition coefficient (Wildman–Crippen LogP) is 0.751. The number of methoxy groups -OCH3 is 1. The van der Waals surface area contributed by atoms with Gasteiger partial charge in [0.25, 0.3) is 0 Å². The molecule has 0 saturated heterocycles. The van der Waals surface area contributed by atoms with E-state index in [1.54, 1.807) is 7.11 Å². The van der Waals surface area contributed by atoms with Crippen LogP contribution in [0.3, 0.4) is 0 Å². The minimum atomic E-state index is 0. The van der Waals surface area contributed by atoms with Crippen LogP contribution in [-0.4, -0.2) is 7.11 Å². The average molecular weight is 342 g/mol. The molecule has 0 spiro atoms. The van der Waals surface area contributed by atoms with E-state index in [-0.39, 0.29) is 12.4 Å². The predicted molar refractivity (Wildman–Crippen MR) is 77.7 cm³/mol. The van der Waals surface area contributed by atoms with Crippen molar-refractivity contribution in [2.24, 2.45) is 0 Å². The van der Waals surface area contributed by atoms with Crippen LogP contribution in [0, 0.1) is 0 Å². The van der Waals surface area contributed by atoms with Crippen molar-refractivity contribution in [2.75, 3.05) is 7.11 Å². The highest BCUT2D eigenvalue weighted by atomic mass is 79.9. The molecule has 0 aliphatic heterocycles. The lowest BCUT2D eigenvalue weighted by Crippen LogP contribution is -3.00. The highest BCUT2D eigenvalue weighted by Crippen LogP contribution is 2.13. The molecule has 19 heavy (non-hydrogen) atoms. The van der Waals surface area contributed by atoms with E-state index in [2.05, 4.69) is 51.6 Å². The highest BCUT2D eigenvalue weighted by molar-refractivity contribution is 9.10. The Balaban J connectivity index is 0.00000180. The molecule has 0 fully saturated rings. The van der Waals surface area contributed by atoms with Crippen LogP contribution in [0.2, 0.25) is 0 Å². The summed E-state index contributed by atoms with van der Waals surface area (Å²) in [6.45, 7) is 1.72. The molecule has 0 amide bonds. The molecular formula is C15H16BrClNO-. The summed E-state index contributed by atoms with van der Waals surface area (Å²) in [6, 6.07) is 16.4. The van der Waals surface area contributed by atoms with E-state index >= 15 is 0 Å². The molecule has 102 valence electrons. The number of hydrogen-bond acceptors (Lipinski definition) is 2. The first-order chi connectivity index (χ1) is 8.78. The van der Waals surface area contributed by atoms with E-state index in [4.69, 9.17) is 4.74 Å². The Kier molecular flexibility index (Phi) is 6.92. The van der Waals surface area contributed by atoms with E-state index in [1.165, 1.54) is 11.1 Å². The third-order valence-corrected chi connectivity index (χ3v) is 3.20. The average Bonchev–Trinajstić information content (AvgIpc) is 2.40. The zero-order valence-corrected chi connectivity index (χ0v) is 13.0. The van der Waals surface area contributed by atoms with E-state index in [0.29, 0.717) is 0 Å². The molecule has 0 saturated carbocycles. The number of hydrogen-bond donors (Lipinski definition) is 1. The number of rotatable bonds is 5. The zero-order chi connectivity index (χ0) is 12.8. The molecule has 0 aromatic heterocycles. The fraction of sp³-hybridized carbons (Fsp3) is 0.200. The van der Waals surface area contributed by atoms with Crippen molar-refractivity contribution >= 4 is 15.9 Å². The van der Waals surface area contributed by atoms with E-state index < -0.39 is 0 Å². The molecule has 0 radical (unpaired) electrons. The minimum Gasteiger partial charge on any atom is -1.00 e. The summed E-state index contributed by atoms with van der Waals surface area (Å²) in [7, 11) is 1.68. The first-order valence-corrected chi connectivity index (χ1v) is 6.65. The van der Waals surface area contributed by atoms with Gasteiger partial charge in [0, 0.05) is 17.6 Å². The van der Waals surface area contributed by atoms with Crippen molar-refractivity contribution in [1.29, 1.82) is 0 Å². The maximum Gasteiger partial charge on any atom is 0.118 e. The van der Waals surface area contributed by atoms with Crippen LogP contribution in [0.5, 0.6) is 5.75 Å². The molecule has 0 aliphatic carbocycles. The Morgan fingerprint density at radius 2 is 1.68 bits per heavy atom. The van der Waals surface area contributed by atoms with Crippen LogP contribution in [0.4, 0.5) is 0 Å². The zero-order valence-electron chi connectivity index (χ0n) is 10.7. The lowest BCUT2D eigenvalue weighted by molar-refractivity contribution is -0.00000387. The topological polar surface area (TPSA) is 21.3 Å². The van der Waals surface area contributed by atoms with Crippen molar-refractivity contribution < 1.29 is 17.1 Å². The van der Waals surface area contributed by atoms with Gasteiger partial charge in [0.05, 0.1) is 7.11 Å². The van der Waals surface area contributed by atoms with Crippen LogP contribution in [-0.2, 0) is 13.1 Å². The molecule has 0 bridgehead atoms. The van der Waals surface area contributed by atoms with Gasteiger partial charge in [0.15, 0.2) is 0 Å². The van der Waals surface area contributed by atoms with Gasteiger partial charge in [0.1, 0.15) is 5.75 Å². The Hall–Kier alpha value is -1.03. The van der Waals surface area contributed by atoms with E-state index in [1.807, 2.05) is 18.2 Å². The van der Waals surface area contributed by atoms with Gasteiger partial charge in [-0.05, 0) is 35.4 Å². The van der Waals surface area contributed by atoms with Gasteiger partial charge in [-0.3, -0.25) is 0 Å². The largest absolute Gasteiger partial charge is 1.00 e. The number of ether oxygens (including phenoxy) is 1. The maximum atomic E-state index is 5.13. The molecule has 2 nitrogen and oxygen atoms in total. The SMILES string of the molecule is COc1ccc(CNCc2cccc(Br)c2)cc1.[Cl-]. The van der Waals surface area contributed by atoms with Gasteiger partial charge >= 0.3 is 0 Å². The second-order valence-corrected chi connectivity index (χ2v) is 5.00. The smallest absolute Gasteiger partial charge is 0.118 e. The van der Waals surface area contributed by atoms with Crippen LogP contribution in [0.25, 0.3) is 0 Å². The quantitative estimate of drug-likeness (QED) is 0.867. The van der Waals surface area contributed by atoms with Gasteiger partial charge in [-0.25, -0.2) is 0 Å². The summed E-state index contributed by atoms with van der Waals surface area (Å²) in [5.74, 6) is 0.894. The van der Waals surface area contributed by atoms with Gasteiger partial charge < -0.3 is 22.5 Å². The molecule has 2 rings (SSSR count). The van der Waals surface area contributed by atoms with E-state index in [0.717, 1.165) is 23.3 Å². The molecule has 2 aromatic rings. The normalized spacial score (nSPS) is 9.79. The summed E-state index contributed by atoms with van der Waals surface area (Å²) in [4.78, 5) is 0.